The third-order valence-electron chi connectivity index (χ3n) is 3.37. The van der Waals surface area contributed by atoms with Gasteiger partial charge in [0.05, 0.1) is 5.69 Å². The number of hydrogen-bond acceptors (Lipinski definition) is 1. The molecule has 0 unspecified atom stereocenters. The first-order valence-corrected chi connectivity index (χ1v) is 7.36. The number of hydrogen-bond donors (Lipinski definition) is 0. The minimum Gasteiger partial charge on any atom is -0.252 e. The van der Waals surface area contributed by atoms with Crippen LogP contribution in [0.3, 0.4) is 0 Å². The monoisotopic (exact) mass is 299 g/mol. The predicted molar refractivity (Wildman–Crippen MR) is 87.6 cm³/mol. The lowest BCUT2D eigenvalue weighted by Gasteiger charge is -2.09. The van der Waals surface area contributed by atoms with Gasteiger partial charge in [0.15, 0.2) is 11.6 Å². The van der Waals surface area contributed by atoms with Crippen LogP contribution in [0.1, 0.15) is 32.3 Å². The maximum Gasteiger partial charge on any atom is 0.160 e. The van der Waals surface area contributed by atoms with Crippen LogP contribution in [0.5, 0.6) is 0 Å². The molecule has 0 fully saturated rings. The number of rotatable bonds is 4. The molecule has 0 amide bonds. The molecule has 2 rings (SSSR count). The van der Waals surface area contributed by atoms with Crippen molar-refractivity contribution in [3.05, 3.63) is 70.5 Å². The summed E-state index contributed by atoms with van der Waals surface area (Å²) in [6.07, 6.45) is 9.39. The van der Waals surface area contributed by atoms with Gasteiger partial charge in [-0.05, 0) is 67.3 Å². The van der Waals surface area contributed by atoms with Crippen molar-refractivity contribution in [3.63, 3.8) is 0 Å². The molecule has 0 aromatic heterocycles. The molecule has 0 saturated carbocycles. The van der Waals surface area contributed by atoms with E-state index in [0.717, 1.165) is 35.8 Å². The summed E-state index contributed by atoms with van der Waals surface area (Å²) < 4.78 is 26.7. The van der Waals surface area contributed by atoms with Gasteiger partial charge >= 0.3 is 0 Å². The molecule has 1 aliphatic carbocycles. The van der Waals surface area contributed by atoms with Crippen molar-refractivity contribution in [2.45, 2.75) is 33.6 Å². The molecule has 114 valence electrons. The SMILES string of the molecule is CCCC(=Nc1cc(F)c(F)cc1C)C1=CC=C=CC(C)=C1. The van der Waals surface area contributed by atoms with E-state index in [1.54, 1.807) is 6.92 Å². The molecule has 0 heterocycles. The molecule has 0 bridgehead atoms. The number of benzene rings is 1. The van der Waals surface area contributed by atoms with Crippen LogP contribution in [0.2, 0.25) is 0 Å². The Hall–Kier alpha value is -2.25. The van der Waals surface area contributed by atoms with E-state index >= 15 is 0 Å². The van der Waals surface area contributed by atoms with E-state index in [1.807, 2.05) is 31.2 Å². The molecule has 1 aromatic carbocycles. The molecule has 0 radical (unpaired) electrons. The molecule has 0 atom stereocenters. The second-order valence-electron chi connectivity index (χ2n) is 5.35. The Kier molecular flexibility index (Phi) is 5.24. The third-order valence-corrected chi connectivity index (χ3v) is 3.37. The number of aliphatic imine (C=N–C) groups is 1. The first kappa shape index (κ1) is 16.1. The molecular formula is C19H19F2N. The van der Waals surface area contributed by atoms with E-state index in [2.05, 4.69) is 17.6 Å². The summed E-state index contributed by atoms with van der Waals surface area (Å²) in [4.78, 5) is 4.59. The normalized spacial score (nSPS) is 14.7. The Morgan fingerprint density at radius 1 is 1.18 bits per heavy atom. The lowest BCUT2D eigenvalue weighted by atomic mass is 10.0. The van der Waals surface area contributed by atoms with Crippen molar-refractivity contribution in [2.24, 2.45) is 4.99 Å². The van der Waals surface area contributed by atoms with E-state index in [0.29, 0.717) is 11.3 Å². The highest BCUT2D eigenvalue weighted by atomic mass is 19.2. The van der Waals surface area contributed by atoms with Crippen molar-refractivity contribution in [2.75, 3.05) is 0 Å². The van der Waals surface area contributed by atoms with Gasteiger partial charge in [-0.25, -0.2) is 8.78 Å². The van der Waals surface area contributed by atoms with Gasteiger partial charge in [-0.15, -0.1) is 5.73 Å². The van der Waals surface area contributed by atoms with Crippen LogP contribution in [0.4, 0.5) is 14.5 Å². The van der Waals surface area contributed by atoms with Crippen LogP contribution in [-0.4, -0.2) is 5.71 Å². The Bertz CT molecular complexity index is 730. The zero-order chi connectivity index (χ0) is 16.1. The molecule has 0 aliphatic heterocycles. The summed E-state index contributed by atoms with van der Waals surface area (Å²) >= 11 is 0. The highest BCUT2D eigenvalue weighted by Gasteiger charge is 2.10. The van der Waals surface area contributed by atoms with Gasteiger partial charge in [0.1, 0.15) is 0 Å². The highest BCUT2D eigenvalue weighted by Crippen LogP contribution is 2.24. The van der Waals surface area contributed by atoms with E-state index < -0.39 is 11.6 Å². The second-order valence-corrected chi connectivity index (χ2v) is 5.35. The van der Waals surface area contributed by atoms with Crippen LogP contribution in [0, 0.1) is 18.6 Å². The molecule has 1 aliphatic rings. The standard InChI is InChI=1S/C19H19F2N/c1-4-7-18(15-9-6-5-8-13(2)10-15)22-19-12-17(21)16(20)11-14(19)3/h6,8-12H,4,7H2,1-3H3. The summed E-state index contributed by atoms with van der Waals surface area (Å²) in [6, 6.07) is 2.34. The first-order valence-electron chi connectivity index (χ1n) is 7.36. The lowest BCUT2D eigenvalue weighted by Crippen LogP contribution is -2.01. The average molecular weight is 299 g/mol. The summed E-state index contributed by atoms with van der Waals surface area (Å²) in [5, 5.41) is 0. The number of allylic oxidation sites excluding steroid dienone is 5. The van der Waals surface area contributed by atoms with Gasteiger partial charge in [0.25, 0.3) is 0 Å². The van der Waals surface area contributed by atoms with Gasteiger partial charge in [-0.1, -0.05) is 13.3 Å². The van der Waals surface area contributed by atoms with Crippen molar-refractivity contribution >= 4 is 11.4 Å². The number of aryl methyl sites for hydroxylation is 1. The zero-order valence-corrected chi connectivity index (χ0v) is 13.1. The Morgan fingerprint density at radius 2 is 1.91 bits per heavy atom. The van der Waals surface area contributed by atoms with Crippen LogP contribution in [0.25, 0.3) is 0 Å². The van der Waals surface area contributed by atoms with E-state index in [1.165, 1.54) is 6.07 Å². The van der Waals surface area contributed by atoms with Crippen LogP contribution in [0.15, 0.2) is 58.3 Å². The van der Waals surface area contributed by atoms with Crippen LogP contribution in [-0.2, 0) is 0 Å². The van der Waals surface area contributed by atoms with Crippen LogP contribution < -0.4 is 0 Å². The number of nitrogens with zero attached hydrogens (tertiary/aromatic N) is 1. The molecule has 0 N–H and O–H groups in total. The summed E-state index contributed by atoms with van der Waals surface area (Å²) in [6.45, 7) is 5.79. The number of halogens is 2. The second kappa shape index (κ2) is 7.15. The van der Waals surface area contributed by atoms with Gasteiger partial charge < -0.3 is 0 Å². The largest absolute Gasteiger partial charge is 0.252 e. The Balaban J connectivity index is 2.49. The smallest absolute Gasteiger partial charge is 0.160 e. The fourth-order valence-electron chi connectivity index (χ4n) is 2.24. The molecule has 0 spiro atoms. The first-order chi connectivity index (χ1) is 10.5. The minimum atomic E-state index is -0.872. The summed E-state index contributed by atoms with van der Waals surface area (Å²) in [5.41, 5.74) is 7.06. The van der Waals surface area contributed by atoms with E-state index in [9.17, 15) is 8.78 Å². The summed E-state index contributed by atoms with van der Waals surface area (Å²) in [7, 11) is 0. The van der Waals surface area contributed by atoms with Crippen molar-refractivity contribution in [3.8, 4) is 0 Å². The van der Waals surface area contributed by atoms with Crippen molar-refractivity contribution < 1.29 is 8.78 Å². The molecule has 1 nitrogen and oxygen atoms in total. The fraction of sp³-hybridized carbons (Fsp3) is 0.263. The molecular weight excluding hydrogens is 280 g/mol. The van der Waals surface area contributed by atoms with Gasteiger partial charge in [0, 0.05) is 11.8 Å². The molecule has 0 saturated heterocycles. The minimum absolute atomic E-state index is 0.468. The van der Waals surface area contributed by atoms with E-state index in [-0.39, 0.29) is 0 Å². The Morgan fingerprint density at radius 3 is 2.64 bits per heavy atom. The topological polar surface area (TPSA) is 12.4 Å². The Labute approximate surface area is 130 Å². The predicted octanol–water partition coefficient (Wildman–Crippen LogP) is 5.74. The van der Waals surface area contributed by atoms with Gasteiger partial charge in [-0.3, -0.25) is 4.99 Å². The summed E-state index contributed by atoms with van der Waals surface area (Å²) in [5.74, 6) is -1.71. The maximum absolute atomic E-state index is 13.5. The van der Waals surface area contributed by atoms with Gasteiger partial charge in [0.2, 0.25) is 0 Å². The highest BCUT2D eigenvalue weighted by molar-refractivity contribution is 6.04. The van der Waals surface area contributed by atoms with Crippen molar-refractivity contribution in [1.82, 2.24) is 0 Å². The molecule has 1 aromatic rings. The fourth-order valence-corrected chi connectivity index (χ4v) is 2.24. The molecule has 22 heavy (non-hydrogen) atoms. The van der Waals surface area contributed by atoms with Crippen molar-refractivity contribution in [1.29, 1.82) is 0 Å². The average Bonchev–Trinajstić information content (AvgIpc) is 2.68. The zero-order valence-electron chi connectivity index (χ0n) is 13.1. The van der Waals surface area contributed by atoms with E-state index in [4.69, 9.17) is 0 Å². The van der Waals surface area contributed by atoms with Gasteiger partial charge in [-0.2, -0.15) is 0 Å². The van der Waals surface area contributed by atoms with Crippen LogP contribution >= 0.6 is 0 Å². The molecule has 3 heteroatoms. The quantitative estimate of drug-likeness (QED) is 0.496. The third kappa shape index (κ3) is 3.90. The lowest BCUT2D eigenvalue weighted by molar-refractivity contribution is 0.508. The maximum atomic E-state index is 13.5.